The summed E-state index contributed by atoms with van der Waals surface area (Å²) in [4.78, 5) is 0. The lowest BCUT2D eigenvalue weighted by Gasteiger charge is -2.14. The zero-order chi connectivity index (χ0) is 14.6. The number of nitrogens with two attached hydrogens (primary N) is 1. The van der Waals surface area contributed by atoms with Gasteiger partial charge in [0.1, 0.15) is 5.75 Å². The fourth-order valence-corrected chi connectivity index (χ4v) is 3.02. The molecule has 19 heavy (non-hydrogen) atoms. The first-order valence-electron chi connectivity index (χ1n) is 5.62. The Hall–Kier alpha value is -0.270. The number of benzene rings is 1. The van der Waals surface area contributed by atoms with Crippen molar-refractivity contribution >= 4 is 31.9 Å². The zero-order valence-corrected chi connectivity index (χ0v) is 13.4. The van der Waals surface area contributed by atoms with Gasteiger partial charge in [0.2, 0.25) is 0 Å². The van der Waals surface area contributed by atoms with Gasteiger partial charge in [0.15, 0.2) is 0 Å². The molecule has 0 aliphatic carbocycles. The fraction of sp³-hybridized carbons (Fsp3) is 0.500. The number of halogens is 5. The molecule has 0 amide bonds. The summed E-state index contributed by atoms with van der Waals surface area (Å²) in [5.74, 6) is 0.373. The van der Waals surface area contributed by atoms with E-state index in [-0.39, 0.29) is 6.04 Å². The SMILES string of the molecule is CC(N)Cc1cc(Br)c(OCCC(F)(F)F)c(Br)c1. The van der Waals surface area contributed by atoms with Gasteiger partial charge in [0.25, 0.3) is 0 Å². The topological polar surface area (TPSA) is 35.2 Å². The predicted molar refractivity (Wildman–Crippen MR) is 75.4 cm³/mol. The van der Waals surface area contributed by atoms with Gasteiger partial charge in [-0.15, -0.1) is 0 Å². The second-order valence-corrected chi connectivity index (χ2v) is 5.99. The van der Waals surface area contributed by atoms with Crippen LogP contribution in [0.4, 0.5) is 13.2 Å². The Morgan fingerprint density at radius 1 is 1.26 bits per heavy atom. The van der Waals surface area contributed by atoms with Crippen molar-refractivity contribution in [3.05, 3.63) is 26.6 Å². The van der Waals surface area contributed by atoms with E-state index in [2.05, 4.69) is 31.9 Å². The van der Waals surface area contributed by atoms with E-state index in [0.717, 1.165) is 5.56 Å². The third kappa shape index (κ3) is 6.14. The average molecular weight is 405 g/mol. The van der Waals surface area contributed by atoms with Gasteiger partial charge in [0.05, 0.1) is 22.0 Å². The van der Waals surface area contributed by atoms with Crippen LogP contribution in [0.1, 0.15) is 18.9 Å². The summed E-state index contributed by atoms with van der Waals surface area (Å²) in [6, 6.07) is 3.62. The van der Waals surface area contributed by atoms with Crippen LogP contribution >= 0.6 is 31.9 Å². The molecule has 1 aromatic rings. The monoisotopic (exact) mass is 403 g/mol. The molecule has 1 unspecified atom stereocenters. The van der Waals surface area contributed by atoms with Crippen molar-refractivity contribution in [3.63, 3.8) is 0 Å². The standard InChI is InChI=1S/C12H14Br2F3NO/c1-7(18)4-8-5-9(13)11(10(14)6-8)19-3-2-12(15,16)17/h5-7H,2-4,18H2,1H3. The Balaban J connectivity index is 2.74. The Kier molecular flexibility index (Phi) is 6.14. The number of hydrogen-bond donors (Lipinski definition) is 1. The first-order chi connectivity index (χ1) is 8.69. The highest BCUT2D eigenvalue weighted by Crippen LogP contribution is 2.35. The summed E-state index contributed by atoms with van der Waals surface area (Å²) >= 11 is 6.58. The van der Waals surface area contributed by atoms with Crippen LogP contribution in [0, 0.1) is 0 Å². The molecule has 0 heterocycles. The van der Waals surface area contributed by atoms with Crippen molar-refractivity contribution in [2.45, 2.75) is 32.0 Å². The average Bonchev–Trinajstić information content (AvgIpc) is 2.19. The maximum Gasteiger partial charge on any atom is 0.392 e. The summed E-state index contributed by atoms with van der Waals surface area (Å²) in [5.41, 5.74) is 6.69. The molecule has 7 heteroatoms. The highest BCUT2D eigenvalue weighted by molar-refractivity contribution is 9.11. The van der Waals surface area contributed by atoms with Crippen molar-refractivity contribution in [2.75, 3.05) is 6.61 Å². The molecule has 1 aromatic carbocycles. The molecule has 0 saturated carbocycles. The Morgan fingerprint density at radius 3 is 2.21 bits per heavy atom. The molecule has 1 atom stereocenters. The third-order valence-corrected chi connectivity index (χ3v) is 3.43. The van der Waals surface area contributed by atoms with Crippen molar-refractivity contribution in [1.82, 2.24) is 0 Å². The Morgan fingerprint density at radius 2 is 1.79 bits per heavy atom. The van der Waals surface area contributed by atoms with E-state index >= 15 is 0 Å². The summed E-state index contributed by atoms with van der Waals surface area (Å²) in [6.07, 6.45) is -4.51. The lowest BCUT2D eigenvalue weighted by molar-refractivity contribution is -0.139. The molecule has 0 spiro atoms. The van der Waals surface area contributed by atoms with Crippen LogP contribution in [-0.4, -0.2) is 18.8 Å². The molecule has 0 fully saturated rings. The fourth-order valence-electron chi connectivity index (χ4n) is 1.51. The quantitative estimate of drug-likeness (QED) is 0.787. The van der Waals surface area contributed by atoms with Gasteiger partial charge < -0.3 is 10.5 Å². The smallest absolute Gasteiger partial charge is 0.392 e. The van der Waals surface area contributed by atoms with Gasteiger partial charge in [-0.2, -0.15) is 13.2 Å². The van der Waals surface area contributed by atoms with E-state index in [1.165, 1.54) is 0 Å². The van der Waals surface area contributed by atoms with Gasteiger partial charge >= 0.3 is 6.18 Å². The van der Waals surface area contributed by atoms with E-state index in [1.54, 1.807) is 12.1 Å². The van der Waals surface area contributed by atoms with Gasteiger partial charge in [-0.05, 0) is 62.9 Å². The van der Waals surface area contributed by atoms with Crippen LogP contribution in [0.3, 0.4) is 0 Å². The molecule has 0 aromatic heterocycles. The van der Waals surface area contributed by atoms with E-state index < -0.39 is 19.2 Å². The molecule has 2 nitrogen and oxygen atoms in total. The molecule has 0 bridgehead atoms. The summed E-state index contributed by atoms with van der Waals surface area (Å²) < 4.78 is 42.5. The number of alkyl halides is 3. The minimum absolute atomic E-state index is 0.01000. The van der Waals surface area contributed by atoms with Gasteiger partial charge in [-0.3, -0.25) is 0 Å². The van der Waals surface area contributed by atoms with Crippen LogP contribution in [-0.2, 0) is 6.42 Å². The summed E-state index contributed by atoms with van der Waals surface area (Å²) in [7, 11) is 0. The predicted octanol–water partition coefficient (Wildman–Crippen LogP) is 4.43. The molecule has 2 N–H and O–H groups in total. The van der Waals surface area contributed by atoms with E-state index in [0.29, 0.717) is 21.1 Å². The number of ether oxygens (including phenoxy) is 1. The first kappa shape index (κ1) is 16.8. The van der Waals surface area contributed by atoms with Crippen LogP contribution in [0.5, 0.6) is 5.75 Å². The molecule has 0 aliphatic heterocycles. The molecule has 0 radical (unpaired) electrons. The first-order valence-corrected chi connectivity index (χ1v) is 7.20. The molecular formula is C12H14Br2F3NO. The zero-order valence-electron chi connectivity index (χ0n) is 10.2. The third-order valence-electron chi connectivity index (χ3n) is 2.25. The molecule has 0 aliphatic rings. The Bertz CT molecular complexity index is 412. The second kappa shape index (κ2) is 6.95. The van der Waals surface area contributed by atoms with Crippen molar-refractivity contribution in [2.24, 2.45) is 5.73 Å². The highest BCUT2D eigenvalue weighted by atomic mass is 79.9. The molecule has 108 valence electrons. The molecular weight excluding hydrogens is 391 g/mol. The van der Waals surface area contributed by atoms with E-state index in [1.807, 2.05) is 6.92 Å². The Labute approximate surface area is 126 Å². The lowest BCUT2D eigenvalue weighted by Crippen LogP contribution is -2.18. The minimum Gasteiger partial charge on any atom is -0.491 e. The van der Waals surface area contributed by atoms with E-state index in [9.17, 15) is 13.2 Å². The van der Waals surface area contributed by atoms with Crippen LogP contribution < -0.4 is 10.5 Å². The summed E-state index contributed by atoms with van der Waals surface area (Å²) in [5, 5.41) is 0. The van der Waals surface area contributed by atoms with Crippen molar-refractivity contribution in [3.8, 4) is 5.75 Å². The van der Waals surface area contributed by atoms with Crippen molar-refractivity contribution < 1.29 is 17.9 Å². The minimum atomic E-state index is -4.21. The van der Waals surface area contributed by atoms with Gasteiger partial charge in [0, 0.05) is 6.04 Å². The maximum absolute atomic E-state index is 12.0. The maximum atomic E-state index is 12.0. The normalized spacial score (nSPS) is 13.4. The largest absolute Gasteiger partial charge is 0.491 e. The lowest BCUT2D eigenvalue weighted by atomic mass is 10.1. The number of hydrogen-bond acceptors (Lipinski definition) is 2. The number of rotatable bonds is 5. The van der Waals surface area contributed by atoms with Gasteiger partial charge in [-0.25, -0.2) is 0 Å². The van der Waals surface area contributed by atoms with Crippen LogP contribution in [0.2, 0.25) is 0 Å². The highest BCUT2D eigenvalue weighted by Gasteiger charge is 2.27. The summed E-state index contributed by atoms with van der Waals surface area (Å²) in [6.45, 7) is 1.48. The van der Waals surface area contributed by atoms with Gasteiger partial charge in [-0.1, -0.05) is 0 Å². The van der Waals surface area contributed by atoms with E-state index in [4.69, 9.17) is 10.5 Å². The van der Waals surface area contributed by atoms with Crippen LogP contribution in [0.15, 0.2) is 21.1 Å². The molecule has 0 saturated heterocycles. The van der Waals surface area contributed by atoms with Crippen LogP contribution in [0.25, 0.3) is 0 Å². The van der Waals surface area contributed by atoms with Crippen molar-refractivity contribution in [1.29, 1.82) is 0 Å². The molecule has 1 rings (SSSR count). The second-order valence-electron chi connectivity index (χ2n) is 4.28.